The number of likely N-dealkylation sites (tertiary alicyclic amines) is 1. The van der Waals surface area contributed by atoms with E-state index in [-0.39, 0.29) is 11.9 Å². The Bertz CT molecular complexity index is 310. The number of nitrogens with two attached hydrogens (primary N) is 1. The third-order valence-corrected chi connectivity index (χ3v) is 3.36. The second-order valence-electron chi connectivity index (χ2n) is 3.64. The second-order valence-corrected chi connectivity index (χ2v) is 4.68. The fourth-order valence-corrected chi connectivity index (χ4v) is 2.38. The van der Waals surface area contributed by atoms with Crippen LogP contribution in [-0.4, -0.2) is 29.9 Å². The van der Waals surface area contributed by atoms with Gasteiger partial charge in [0.1, 0.15) is 0 Å². The summed E-state index contributed by atoms with van der Waals surface area (Å²) in [6.07, 6.45) is 1.47. The normalized spacial score (nSPS) is 21.5. The van der Waals surface area contributed by atoms with Gasteiger partial charge in [-0.2, -0.15) is 0 Å². The second kappa shape index (κ2) is 4.11. The van der Waals surface area contributed by atoms with Crippen LogP contribution in [0.1, 0.15) is 11.3 Å². The summed E-state index contributed by atoms with van der Waals surface area (Å²) in [5.74, 6) is 0.209. The highest BCUT2D eigenvalue weighted by molar-refractivity contribution is 7.10. The number of amides is 1. The van der Waals surface area contributed by atoms with E-state index in [1.807, 2.05) is 22.4 Å². The molecular formula is C10H14N2OS. The molecule has 1 amide bonds. The minimum atomic E-state index is 0.183. The van der Waals surface area contributed by atoms with Crippen molar-refractivity contribution in [1.82, 2.24) is 4.90 Å². The highest BCUT2D eigenvalue weighted by Gasteiger charge is 2.23. The summed E-state index contributed by atoms with van der Waals surface area (Å²) >= 11 is 1.63. The molecule has 1 fully saturated rings. The maximum Gasteiger partial charge on any atom is 0.227 e. The molecular weight excluding hydrogens is 196 g/mol. The van der Waals surface area contributed by atoms with Crippen LogP contribution >= 0.6 is 11.3 Å². The lowest BCUT2D eigenvalue weighted by Crippen LogP contribution is -2.32. The Balaban J connectivity index is 1.90. The lowest BCUT2D eigenvalue weighted by atomic mass is 10.3. The first kappa shape index (κ1) is 9.68. The Morgan fingerprint density at radius 1 is 1.71 bits per heavy atom. The Labute approximate surface area is 87.5 Å². The van der Waals surface area contributed by atoms with Gasteiger partial charge in [0, 0.05) is 24.0 Å². The Kier molecular flexibility index (Phi) is 2.84. The summed E-state index contributed by atoms with van der Waals surface area (Å²) in [7, 11) is 0. The van der Waals surface area contributed by atoms with Crippen LogP contribution in [0.5, 0.6) is 0 Å². The van der Waals surface area contributed by atoms with Gasteiger partial charge >= 0.3 is 0 Å². The molecule has 76 valence electrons. The molecule has 0 saturated carbocycles. The maximum atomic E-state index is 11.7. The molecule has 1 aromatic rings. The fourth-order valence-electron chi connectivity index (χ4n) is 1.69. The molecule has 3 nitrogen and oxygen atoms in total. The SMILES string of the molecule is NC1CCN(C(=O)Cc2cccs2)C1. The summed E-state index contributed by atoms with van der Waals surface area (Å²) in [4.78, 5) is 14.7. The van der Waals surface area contributed by atoms with E-state index in [9.17, 15) is 4.79 Å². The van der Waals surface area contributed by atoms with E-state index in [2.05, 4.69) is 0 Å². The molecule has 0 spiro atoms. The zero-order chi connectivity index (χ0) is 9.97. The molecule has 1 unspecified atom stereocenters. The van der Waals surface area contributed by atoms with E-state index in [1.165, 1.54) is 0 Å². The number of nitrogens with zero attached hydrogens (tertiary/aromatic N) is 1. The van der Waals surface area contributed by atoms with Crippen molar-refractivity contribution >= 4 is 17.2 Å². The minimum Gasteiger partial charge on any atom is -0.341 e. The first-order valence-corrected chi connectivity index (χ1v) is 5.69. The van der Waals surface area contributed by atoms with Crippen LogP contribution in [0.15, 0.2) is 17.5 Å². The zero-order valence-electron chi connectivity index (χ0n) is 7.98. The van der Waals surface area contributed by atoms with Crippen molar-refractivity contribution in [2.45, 2.75) is 18.9 Å². The fraction of sp³-hybridized carbons (Fsp3) is 0.500. The summed E-state index contributed by atoms with van der Waals surface area (Å²) in [6, 6.07) is 4.16. The third-order valence-electron chi connectivity index (χ3n) is 2.48. The maximum absolute atomic E-state index is 11.7. The van der Waals surface area contributed by atoms with Crippen LogP contribution in [0.25, 0.3) is 0 Å². The predicted molar refractivity (Wildman–Crippen MR) is 57.2 cm³/mol. The molecule has 1 atom stereocenters. The molecule has 0 bridgehead atoms. The van der Waals surface area contributed by atoms with Gasteiger partial charge in [0.2, 0.25) is 5.91 Å². The molecule has 2 rings (SSSR count). The number of carbonyl (C=O) groups excluding carboxylic acids is 1. The summed E-state index contributed by atoms with van der Waals surface area (Å²) in [5.41, 5.74) is 5.75. The first-order chi connectivity index (χ1) is 6.75. The van der Waals surface area contributed by atoms with Gasteiger partial charge in [-0.15, -0.1) is 11.3 Å². The van der Waals surface area contributed by atoms with Crippen molar-refractivity contribution in [1.29, 1.82) is 0 Å². The monoisotopic (exact) mass is 210 g/mol. The van der Waals surface area contributed by atoms with Gasteiger partial charge < -0.3 is 10.6 Å². The van der Waals surface area contributed by atoms with E-state index in [0.29, 0.717) is 6.42 Å². The topological polar surface area (TPSA) is 46.3 Å². The van der Waals surface area contributed by atoms with Gasteiger partial charge in [0.25, 0.3) is 0 Å². The van der Waals surface area contributed by atoms with E-state index >= 15 is 0 Å². The van der Waals surface area contributed by atoms with Crippen LogP contribution in [-0.2, 0) is 11.2 Å². The van der Waals surface area contributed by atoms with E-state index in [0.717, 1.165) is 24.4 Å². The van der Waals surface area contributed by atoms with Crippen LogP contribution in [0.3, 0.4) is 0 Å². The molecule has 1 saturated heterocycles. The van der Waals surface area contributed by atoms with E-state index < -0.39 is 0 Å². The molecule has 2 heterocycles. The van der Waals surface area contributed by atoms with Crippen LogP contribution in [0.2, 0.25) is 0 Å². The van der Waals surface area contributed by atoms with Gasteiger partial charge in [-0.1, -0.05) is 6.07 Å². The van der Waals surface area contributed by atoms with Gasteiger partial charge in [-0.3, -0.25) is 4.79 Å². The molecule has 0 aliphatic carbocycles. The van der Waals surface area contributed by atoms with Crippen molar-refractivity contribution in [2.24, 2.45) is 5.73 Å². The summed E-state index contributed by atoms with van der Waals surface area (Å²) < 4.78 is 0. The lowest BCUT2D eigenvalue weighted by molar-refractivity contribution is -0.129. The quantitative estimate of drug-likeness (QED) is 0.786. The smallest absolute Gasteiger partial charge is 0.227 e. The van der Waals surface area contributed by atoms with Gasteiger partial charge in [-0.05, 0) is 17.9 Å². The molecule has 4 heteroatoms. The van der Waals surface area contributed by atoms with E-state index in [4.69, 9.17) is 5.73 Å². The molecule has 1 aliphatic rings. The highest BCUT2D eigenvalue weighted by Crippen LogP contribution is 2.13. The first-order valence-electron chi connectivity index (χ1n) is 4.81. The number of carbonyl (C=O) groups is 1. The summed E-state index contributed by atoms with van der Waals surface area (Å²) in [5, 5.41) is 2.00. The third kappa shape index (κ3) is 2.13. The van der Waals surface area contributed by atoms with Gasteiger partial charge in [-0.25, -0.2) is 0 Å². The Morgan fingerprint density at radius 3 is 3.14 bits per heavy atom. The van der Waals surface area contributed by atoms with Crippen molar-refractivity contribution in [3.05, 3.63) is 22.4 Å². The van der Waals surface area contributed by atoms with Gasteiger partial charge in [0.05, 0.1) is 6.42 Å². The van der Waals surface area contributed by atoms with Crippen LogP contribution in [0, 0.1) is 0 Å². The molecule has 14 heavy (non-hydrogen) atoms. The number of hydrogen-bond donors (Lipinski definition) is 1. The average Bonchev–Trinajstić information content (AvgIpc) is 2.75. The van der Waals surface area contributed by atoms with E-state index in [1.54, 1.807) is 11.3 Å². The largest absolute Gasteiger partial charge is 0.341 e. The number of thiophene rings is 1. The van der Waals surface area contributed by atoms with Crippen molar-refractivity contribution < 1.29 is 4.79 Å². The number of hydrogen-bond acceptors (Lipinski definition) is 3. The standard InChI is InChI=1S/C10H14N2OS/c11-8-3-4-12(7-8)10(13)6-9-2-1-5-14-9/h1-2,5,8H,3-4,6-7,11H2. The molecule has 1 aliphatic heterocycles. The predicted octanol–water partition coefficient (Wildman–Crippen LogP) is 0.850. The van der Waals surface area contributed by atoms with Crippen LogP contribution in [0.4, 0.5) is 0 Å². The molecule has 2 N–H and O–H groups in total. The average molecular weight is 210 g/mol. The van der Waals surface area contributed by atoms with Gasteiger partial charge in [0.15, 0.2) is 0 Å². The minimum absolute atomic E-state index is 0.183. The molecule has 1 aromatic heterocycles. The molecule has 0 radical (unpaired) electrons. The van der Waals surface area contributed by atoms with Crippen molar-refractivity contribution in [2.75, 3.05) is 13.1 Å². The van der Waals surface area contributed by atoms with Crippen molar-refractivity contribution in [3.63, 3.8) is 0 Å². The molecule has 0 aromatic carbocycles. The Hall–Kier alpha value is -0.870. The highest BCUT2D eigenvalue weighted by atomic mass is 32.1. The number of rotatable bonds is 2. The zero-order valence-corrected chi connectivity index (χ0v) is 8.80. The summed E-state index contributed by atoms with van der Waals surface area (Å²) in [6.45, 7) is 1.55. The Morgan fingerprint density at radius 2 is 2.57 bits per heavy atom. The van der Waals surface area contributed by atoms with Crippen molar-refractivity contribution in [3.8, 4) is 0 Å². The lowest BCUT2D eigenvalue weighted by Gasteiger charge is -2.14. The van der Waals surface area contributed by atoms with Crippen LogP contribution < -0.4 is 5.73 Å².